The Hall–Kier alpha value is -3.97. The fraction of sp³-hybridized carbons (Fsp3) is 0.138. The number of hydrogen-bond donors (Lipinski definition) is 0. The highest BCUT2D eigenvalue weighted by Gasteiger charge is 2.25. The van der Waals surface area contributed by atoms with E-state index in [1.165, 1.54) is 11.6 Å². The predicted molar refractivity (Wildman–Crippen MR) is 141 cm³/mol. The lowest BCUT2D eigenvalue weighted by atomic mass is 10.1. The van der Waals surface area contributed by atoms with E-state index >= 15 is 0 Å². The van der Waals surface area contributed by atoms with Gasteiger partial charge in [0.15, 0.2) is 10.8 Å². The van der Waals surface area contributed by atoms with Crippen LogP contribution >= 0.6 is 11.8 Å². The van der Waals surface area contributed by atoms with E-state index in [0.29, 0.717) is 24.4 Å². The zero-order valence-electron chi connectivity index (χ0n) is 19.5. The summed E-state index contributed by atoms with van der Waals surface area (Å²) in [5.74, 6) is 0.383. The van der Waals surface area contributed by atoms with Crippen molar-refractivity contribution in [2.45, 2.75) is 23.9 Å². The summed E-state index contributed by atoms with van der Waals surface area (Å²) in [4.78, 5) is 24.4. The fourth-order valence-corrected chi connectivity index (χ4v) is 5.55. The van der Waals surface area contributed by atoms with Crippen LogP contribution in [0, 0.1) is 5.82 Å². The van der Waals surface area contributed by atoms with Crippen molar-refractivity contribution in [3.8, 4) is 0 Å². The van der Waals surface area contributed by atoms with Crippen LogP contribution in [0.2, 0.25) is 0 Å². The molecular weight excluding hydrogens is 471 g/mol. The van der Waals surface area contributed by atoms with Gasteiger partial charge in [-0.25, -0.2) is 14.4 Å². The van der Waals surface area contributed by atoms with Gasteiger partial charge in [-0.2, -0.15) is 0 Å². The number of para-hydroxylation sites is 1. The van der Waals surface area contributed by atoms with Crippen molar-refractivity contribution in [1.29, 1.82) is 0 Å². The molecule has 0 fully saturated rings. The van der Waals surface area contributed by atoms with E-state index in [0.717, 1.165) is 39.6 Å². The number of fused-ring (bicyclic) bond motifs is 2. The smallest absolute Gasteiger partial charge is 0.258 e. The van der Waals surface area contributed by atoms with Crippen LogP contribution in [0.3, 0.4) is 0 Å². The second-order valence-corrected chi connectivity index (χ2v) is 9.72. The number of aromatic nitrogens is 3. The summed E-state index contributed by atoms with van der Waals surface area (Å²) in [5.41, 5.74) is 6.45. The second-order valence-electron chi connectivity index (χ2n) is 8.78. The summed E-state index contributed by atoms with van der Waals surface area (Å²) in [5, 5.41) is 0.821. The largest absolute Gasteiger partial charge is 0.308 e. The van der Waals surface area contributed by atoms with Crippen LogP contribution in [0.25, 0.3) is 11.2 Å². The highest BCUT2D eigenvalue weighted by atomic mass is 32.2. The number of benzene rings is 3. The number of rotatable bonds is 6. The van der Waals surface area contributed by atoms with E-state index in [1.807, 2.05) is 65.6 Å². The molecule has 2 aromatic heterocycles. The molecule has 3 heterocycles. The molecule has 7 heteroatoms. The Morgan fingerprint density at radius 3 is 2.67 bits per heavy atom. The molecule has 1 amide bonds. The van der Waals surface area contributed by atoms with Crippen molar-refractivity contribution in [2.24, 2.45) is 0 Å². The maximum Gasteiger partial charge on any atom is 0.258 e. The fourth-order valence-electron chi connectivity index (χ4n) is 4.61. The topological polar surface area (TPSA) is 51.0 Å². The molecule has 0 unspecified atom stereocenters. The monoisotopic (exact) mass is 494 g/mol. The lowest BCUT2D eigenvalue weighted by Gasteiger charge is -2.17. The molecule has 5 aromatic rings. The number of carbonyl (C=O) groups excluding carboxylic acids is 1. The van der Waals surface area contributed by atoms with Gasteiger partial charge in [0, 0.05) is 29.7 Å². The van der Waals surface area contributed by atoms with Crippen LogP contribution in [0.1, 0.15) is 27.0 Å². The molecule has 6 rings (SSSR count). The molecule has 5 nitrogen and oxygen atoms in total. The molecule has 1 aliphatic heterocycles. The molecule has 3 aromatic carbocycles. The first kappa shape index (κ1) is 22.5. The van der Waals surface area contributed by atoms with E-state index in [1.54, 1.807) is 30.1 Å². The number of hydrogen-bond acceptors (Lipinski definition) is 4. The molecule has 0 radical (unpaired) electrons. The minimum Gasteiger partial charge on any atom is -0.308 e. The van der Waals surface area contributed by atoms with E-state index in [-0.39, 0.29) is 11.7 Å². The highest BCUT2D eigenvalue weighted by Crippen LogP contribution is 2.30. The summed E-state index contributed by atoms with van der Waals surface area (Å²) in [6.45, 7) is 1.28. The van der Waals surface area contributed by atoms with Crippen LogP contribution in [0.4, 0.5) is 10.1 Å². The third-order valence-electron chi connectivity index (χ3n) is 6.40. The van der Waals surface area contributed by atoms with Gasteiger partial charge in [-0.15, -0.1) is 0 Å². The summed E-state index contributed by atoms with van der Waals surface area (Å²) >= 11 is 1.56. The summed E-state index contributed by atoms with van der Waals surface area (Å²) in [6.07, 6.45) is 2.65. The van der Waals surface area contributed by atoms with Crippen LogP contribution in [0.5, 0.6) is 0 Å². The number of amides is 1. The third-order valence-corrected chi connectivity index (χ3v) is 7.45. The van der Waals surface area contributed by atoms with Gasteiger partial charge in [0.25, 0.3) is 5.91 Å². The molecule has 0 spiro atoms. The average molecular weight is 495 g/mol. The molecule has 0 saturated heterocycles. The first-order valence-corrected chi connectivity index (χ1v) is 12.8. The third kappa shape index (κ3) is 4.38. The normalized spacial score (nSPS) is 12.8. The van der Waals surface area contributed by atoms with Crippen molar-refractivity contribution >= 4 is 34.5 Å². The molecular formula is C29H23FN4OS. The first-order valence-electron chi connectivity index (χ1n) is 11.8. The molecule has 0 aliphatic carbocycles. The van der Waals surface area contributed by atoms with Crippen molar-refractivity contribution in [3.63, 3.8) is 0 Å². The van der Waals surface area contributed by atoms with Crippen molar-refractivity contribution in [1.82, 2.24) is 14.5 Å². The molecule has 0 N–H and O–H groups in total. The molecule has 0 atom stereocenters. The number of anilines is 1. The summed E-state index contributed by atoms with van der Waals surface area (Å²) in [7, 11) is 0. The van der Waals surface area contributed by atoms with Crippen LogP contribution in [0.15, 0.2) is 96.3 Å². The lowest BCUT2D eigenvalue weighted by molar-refractivity contribution is 0.0989. The maximum absolute atomic E-state index is 13.6. The maximum atomic E-state index is 13.6. The van der Waals surface area contributed by atoms with E-state index < -0.39 is 0 Å². The minimum atomic E-state index is -0.240. The number of imidazole rings is 1. The molecule has 0 bridgehead atoms. The summed E-state index contributed by atoms with van der Waals surface area (Å²) < 4.78 is 15.7. The van der Waals surface area contributed by atoms with Gasteiger partial charge in [0.1, 0.15) is 11.3 Å². The Morgan fingerprint density at radius 1 is 0.944 bits per heavy atom. The molecule has 0 saturated carbocycles. The minimum absolute atomic E-state index is 0.0209. The summed E-state index contributed by atoms with van der Waals surface area (Å²) in [6, 6.07) is 26.3. The SMILES string of the molecule is O=C(c1ccc(Cn2c(SCc3cccc(F)c3)nc3cccnc32)cc1)N1CCc2ccccc21. The average Bonchev–Trinajstić information content (AvgIpc) is 3.49. The van der Waals surface area contributed by atoms with Crippen molar-refractivity contribution in [2.75, 3.05) is 11.4 Å². The second kappa shape index (κ2) is 9.59. The highest BCUT2D eigenvalue weighted by molar-refractivity contribution is 7.98. The molecule has 1 aliphatic rings. The van der Waals surface area contributed by atoms with Crippen LogP contribution < -0.4 is 4.90 Å². The standard InChI is InChI=1S/C29H23FN4OS/c30-24-7-3-5-21(17-24)19-36-29-32-25-8-4-15-31-27(25)34(29)18-20-10-12-23(13-11-20)28(35)33-16-14-22-6-1-2-9-26(22)33/h1-13,15,17H,14,16,18-19H2. The molecule has 178 valence electrons. The number of carbonyl (C=O) groups is 1. The Kier molecular flexibility index (Phi) is 5.99. The van der Waals surface area contributed by atoms with E-state index in [4.69, 9.17) is 4.98 Å². The zero-order chi connectivity index (χ0) is 24.5. The van der Waals surface area contributed by atoms with Gasteiger partial charge in [0.05, 0.1) is 6.54 Å². The van der Waals surface area contributed by atoms with Gasteiger partial charge in [-0.05, 0) is 65.6 Å². The Morgan fingerprint density at radius 2 is 1.81 bits per heavy atom. The van der Waals surface area contributed by atoms with Gasteiger partial charge in [0.2, 0.25) is 0 Å². The molecule has 36 heavy (non-hydrogen) atoms. The van der Waals surface area contributed by atoms with E-state index in [9.17, 15) is 9.18 Å². The van der Waals surface area contributed by atoms with Crippen LogP contribution in [-0.2, 0) is 18.7 Å². The Bertz CT molecular complexity index is 1560. The zero-order valence-corrected chi connectivity index (χ0v) is 20.3. The van der Waals surface area contributed by atoms with E-state index in [2.05, 4.69) is 15.6 Å². The Labute approximate surface area is 212 Å². The van der Waals surface area contributed by atoms with Crippen molar-refractivity contribution in [3.05, 3.63) is 119 Å². The lowest BCUT2D eigenvalue weighted by Crippen LogP contribution is -2.28. The predicted octanol–water partition coefficient (Wildman–Crippen LogP) is 6.11. The number of nitrogens with zero attached hydrogens (tertiary/aromatic N) is 4. The van der Waals surface area contributed by atoms with Gasteiger partial charge < -0.3 is 4.90 Å². The van der Waals surface area contributed by atoms with Gasteiger partial charge in [-0.3, -0.25) is 9.36 Å². The Balaban J connectivity index is 1.23. The van der Waals surface area contributed by atoms with Crippen LogP contribution in [-0.4, -0.2) is 27.0 Å². The quantitative estimate of drug-likeness (QED) is 0.267. The first-order chi connectivity index (χ1) is 17.7. The number of pyridine rings is 1. The van der Waals surface area contributed by atoms with Gasteiger partial charge in [-0.1, -0.05) is 54.2 Å². The van der Waals surface area contributed by atoms with Crippen molar-refractivity contribution < 1.29 is 9.18 Å². The number of thioether (sulfide) groups is 1. The van der Waals surface area contributed by atoms with Gasteiger partial charge >= 0.3 is 0 Å². The number of halogens is 1.